The molecule has 7 nitrogen and oxygen atoms in total. The molecule has 0 saturated heterocycles. The van der Waals surface area contributed by atoms with Gasteiger partial charge in [-0.2, -0.15) is 0 Å². The molecule has 0 radical (unpaired) electrons. The minimum Gasteiger partial charge on any atom is -0.350 e. The van der Waals surface area contributed by atoms with Gasteiger partial charge >= 0.3 is 0 Å². The van der Waals surface area contributed by atoms with Gasteiger partial charge in [-0.3, -0.25) is 18.6 Å². The van der Waals surface area contributed by atoms with Crippen LogP contribution < -0.4 is 10.9 Å². The van der Waals surface area contributed by atoms with Gasteiger partial charge in [0.2, 0.25) is 11.7 Å². The van der Waals surface area contributed by atoms with Gasteiger partial charge in [-0.1, -0.05) is 37.7 Å². The molecular formula is C20H27N5O2S. The van der Waals surface area contributed by atoms with Crippen LogP contribution in [-0.4, -0.2) is 35.9 Å². The van der Waals surface area contributed by atoms with E-state index in [-0.39, 0.29) is 22.3 Å². The first-order valence-electron chi connectivity index (χ1n) is 9.64. The monoisotopic (exact) mass is 401 g/mol. The lowest BCUT2D eigenvalue weighted by Crippen LogP contribution is -2.46. The highest BCUT2D eigenvalue weighted by Gasteiger charge is 2.25. The number of nitrogens with zero attached hydrogens (tertiary/aromatic N) is 4. The Morgan fingerprint density at radius 2 is 1.96 bits per heavy atom. The van der Waals surface area contributed by atoms with Crippen LogP contribution in [0.25, 0.3) is 16.7 Å². The number of nitrogens with one attached hydrogen (secondary N) is 1. The van der Waals surface area contributed by atoms with Crippen LogP contribution >= 0.6 is 11.8 Å². The maximum absolute atomic E-state index is 12.9. The minimum atomic E-state index is -0.344. The maximum atomic E-state index is 12.9. The number of thioether (sulfide) groups is 1. The Kier molecular flexibility index (Phi) is 5.79. The highest BCUT2D eigenvalue weighted by molar-refractivity contribution is 8.00. The summed E-state index contributed by atoms with van der Waals surface area (Å²) in [5.41, 5.74) is 0.431. The van der Waals surface area contributed by atoms with Gasteiger partial charge in [-0.05, 0) is 45.7 Å². The molecule has 1 amide bonds. The van der Waals surface area contributed by atoms with Gasteiger partial charge in [0.25, 0.3) is 5.56 Å². The van der Waals surface area contributed by atoms with Crippen molar-refractivity contribution in [2.45, 2.75) is 70.0 Å². The van der Waals surface area contributed by atoms with Crippen molar-refractivity contribution in [2.24, 2.45) is 0 Å². The van der Waals surface area contributed by atoms with E-state index in [1.807, 2.05) is 63.3 Å². The lowest BCUT2D eigenvalue weighted by Gasteiger charge is -2.26. The molecule has 3 rings (SSSR count). The fraction of sp³-hybridized carbons (Fsp3) is 0.500. The normalized spacial score (nSPS) is 13.2. The third-order valence-electron chi connectivity index (χ3n) is 4.92. The third kappa shape index (κ3) is 3.78. The van der Waals surface area contributed by atoms with Crippen molar-refractivity contribution >= 4 is 34.3 Å². The fourth-order valence-electron chi connectivity index (χ4n) is 2.97. The van der Waals surface area contributed by atoms with Crippen LogP contribution in [0.1, 0.15) is 47.5 Å². The lowest BCUT2D eigenvalue weighted by molar-refractivity contribution is -0.121. The molecule has 0 fully saturated rings. The first kappa shape index (κ1) is 20.4. The Bertz CT molecular complexity index is 1070. The number of aromatic nitrogens is 4. The van der Waals surface area contributed by atoms with Crippen LogP contribution in [0.3, 0.4) is 0 Å². The van der Waals surface area contributed by atoms with Gasteiger partial charge in [0.05, 0.1) is 16.2 Å². The highest BCUT2D eigenvalue weighted by Crippen LogP contribution is 2.25. The molecule has 150 valence electrons. The third-order valence-corrected chi connectivity index (χ3v) is 5.96. The Morgan fingerprint density at radius 3 is 2.64 bits per heavy atom. The predicted octanol–water partition coefficient (Wildman–Crippen LogP) is 3.24. The molecule has 0 aliphatic heterocycles. The lowest BCUT2D eigenvalue weighted by atomic mass is 10.0. The minimum absolute atomic E-state index is 0.0419. The summed E-state index contributed by atoms with van der Waals surface area (Å²) in [6.07, 6.45) is 1.66. The summed E-state index contributed by atoms with van der Waals surface area (Å²) in [6, 6.07) is 7.45. The van der Waals surface area contributed by atoms with E-state index in [2.05, 4.69) is 15.5 Å². The van der Waals surface area contributed by atoms with Gasteiger partial charge in [-0.25, -0.2) is 0 Å². The molecule has 28 heavy (non-hydrogen) atoms. The number of fused-ring (bicyclic) bond motifs is 3. The zero-order valence-corrected chi connectivity index (χ0v) is 17.8. The van der Waals surface area contributed by atoms with Crippen molar-refractivity contribution in [1.29, 1.82) is 0 Å². The van der Waals surface area contributed by atoms with Crippen LogP contribution in [0, 0.1) is 0 Å². The first-order valence-corrected chi connectivity index (χ1v) is 10.5. The van der Waals surface area contributed by atoms with E-state index in [9.17, 15) is 9.59 Å². The number of hydrogen-bond donors (Lipinski definition) is 1. The van der Waals surface area contributed by atoms with Crippen LogP contribution in [0.5, 0.6) is 0 Å². The summed E-state index contributed by atoms with van der Waals surface area (Å²) in [7, 11) is 0. The van der Waals surface area contributed by atoms with E-state index in [0.717, 1.165) is 18.4 Å². The molecule has 0 aliphatic rings. The largest absolute Gasteiger partial charge is 0.350 e. The zero-order chi connectivity index (χ0) is 20.5. The Hall–Kier alpha value is -2.35. The Balaban J connectivity index is 2.06. The fourth-order valence-corrected chi connectivity index (χ4v) is 3.83. The van der Waals surface area contributed by atoms with E-state index < -0.39 is 0 Å². The topological polar surface area (TPSA) is 81.3 Å². The first-order chi connectivity index (χ1) is 13.3. The van der Waals surface area contributed by atoms with Crippen LogP contribution in [-0.2, 0) is 11.3 Å². The van der Waals surface area contributed by atoms with Gasteiger partial charge in [0, 0.05) is 12.1 Å². The molecule has 1 aromatic carbocycles. The standard InChI is InChI=1S/C20H27N5O2S/c1-6-12-24-17(27)14-10-8-9-11-15(14)25-18(24)22-23-19(25)28-13(3)16(26)21-20(4,5)7-2/h8-11,13H,6-7,12H2,1-5H3,(H,21,26). The average Bonchev–Trinajstić information content (AvgIpc) is 3.08. The van der Waals surface area contributed by atoms with Gasteiger partial charge in [0.15, 0.2) is 5.16 Å². The van der Waals surface area contributed by atoms with Crippen LogP contribution in [0.2, 0.25) is 0 Å². The smallest absolute Gasteiger partial charge is 0.262 e. The van der Waals surface area contributed by atoms with Gasteiger partial charge in [0.1, 0.15) is 0 Å². The summed E-state index contributed by atoms with van der Waals surface area (Å²) in [4.78, 5) is 25.5. The van der Waals surface area contributed by atoms with Gasteiger partial charge in [-0.15, -0.1) is 10.2 Å². The van der Waals surface area contributed by atoms with E-state index in [1.165, 1.54) is 11.8 Å². The average molecular weight is 402 g/mol. The van der Waals surface area contributed by atoms with Crippen LogP contribution in [0.4, 0.5) is 0 Å². The van der Waals surface area contributed by atoms with E-state index in [0.29, 0.717) is 22.9 Å². The summed E-state index contributed by atoms with van der Waals surface area (Å²) >= 11 is 1.35. The van der Waals surface area contributed by atoms with E-state index >= 15 is 0 Å². The van der Waals surface area contributed by atoms with Crippen molar-refractivity contribution < 1.29 is 4.79 Å². The number of para-hydroxylation sites is 1. The van der Waals surface area contributed by atoms with Crippen molar-refractivity contribution in [3.05, 3.63) is 34.6 Å². The van der Waals surface area contributed by atoms with Crippen molar-refractivity contribution in [2.75, 3.05) is 0 Å². The van der Waals surface area contributed by atoms with Crippen molar-refractivity contribution in [1.82, 2.24) is 24.5 Å². The molecule has 8 heteroatoms. The van der Waals surface area contributed by atoms with Crippen molar-refractivity contribution in [3.63, 3.8) is 0 Å². The predicted molar refractivity (Wildman–Crippen MR) is 113 cm³/mol. The Labute approximate surface area is 168 Å². The molecule has 1 unspecified atom stereocenters. The second-order valence-corrected chi connectivity index (χ2v) is 8.89. The van der Waals surface area contributed by atoms with Crippen molar-refractivity contribution in [3.8, 4) is 0 Å². The second-order valence-electron chi connectivity index (χ2n) is 7.58. The molecule has 0 bridgehead atoms. The molecule has 0 aliphatic carbocycles. The molecular weight excluding hydrogens is 374 g/mol. The number of hydrogen-bond acceptors (Lipinski definition) is 5. The molecule has 0 spiro atoms. The molecule has 1 N–H and O–H groups in total. The molecule has 1 atom stereocenters. The maximum Gasteiger partial charge on any atom is 0.262 e. The zero-order valence-electron chi connectivity index (χ0n) is 17.0. The summed E-state index contributed by atoms with van der Waals surface area (Å²) in [6.45, 7) is 10.5. The summed E-state index contributed by atoms with van der Waals surface area (Å²) in [5.74, 6) is 0.467. The number of benzene rings is 1. The number of carbonyl (C=O) groups is 1. The number of aryl methyl sites for hydroxylation is 1. The van der Waals surface area contributed by atoms with E-state index in [1.54, 1.807) is 4.57 Å². The molecule has 0 saturated carbocycles. The highest BCUT2D eigenvalue weighted by atomic mass is 32.2. The van der Waals surface area contributed by atoms with Crippen LogP contribution in [0.15, 0.2) is 34.2 Å². The summed E-state index contributed by atoms with van der Waals surface area (Å²) in [5, 5.41) is 12.5. The number of amides is 1. The summed E-state index contributed by atoms with van der Waals surface area (Å²) < 4.78 is 3.54. The van der Waals surface area contributed by atoms with Gasteiger partial charge < -0.3 is 5.32 Å². The van der Waals surface area contributed by atoms with E-state index in [4.69, 9.17) is 0 Å². The molecule has 3 aromatic rings. The SMILES string of the molecule is CCCn1c(=O)c2ccccc2n2c(SC(C)C(=O)NC(C)(C)CC)nnc12. The molecule has 2 heterocycles. The Morgan fingerprint density at radius 1 is 1.25 bits per heavy atom. The quantitative estimate of drug-likeness (QED) is 0.615. The number of rotatable bonds is 7. The number of carbonyl (C=O) groups excluding carboxylic acids is 1. The second kappa shape index (κ2) is 7.95. The molecule has 2 aromatic heterocycles.